The van der Waals surface area contributed by atoms with Gasteiger partial charge < -0.3 is 15.8 Å². The maximum Gasteiger partial charge on any atom is 0.255 e. The van der Waals surface area contributed by atoms with E-state index in [9.17, 15) is 9.18 Å². The summed E-state index contributed by atoms with van der Waals surface area (Å²) in [6.07, 6.45) is 2.19. The van der Waals surface area contributed by atoms with Crippen molar-refractivity contribution in [1.29, 1.82) is 0 Å². The number of oxime groups is 1. The van der Waals surface area contributed by atoms with Crippen molar-refractivity contribution in [2.45, 2.75) is 25.3 Å². The van der Waals surface area contributed by atoms with Gasteiger partial charge >= 0.3 is 0 Å². The average molecular weight is 344 g/mol. The standard InChI is InChI=1S/C13H15BrFN3O2/c14-11-7-8(15)1-4-10(11)13(19)18(9-2-3-9)6-5-12(16)17-20/h1,4,7,9,20H,2-3,5-6H2,(H2,16,17). The summed E-state index contributed by atoms with van der Waals surface area (Å²) < 4.78 is 13.5. The van der Waals surface area contributed by atoms with Gasteiger partial charge in [0.05, 0.1) is 5.56 Å². The zero-order valence-electron chi connectivity index (χ0n) is 10.7. The quantitative estimate of drug-likeness (QED) is 0.372. The fourth-order valence-corrected chi connectivity index (χ4v) is 2.46. The Kier molecular flexibility index (Phi) is 4.59. The molecule has 7 heteroatoms. The molecule has 1 amide bonds. The van der Waals surface area contributed by atoms with Crippen LogP contribution < -0.4 is 5.73 Å². The Balaban J connectivity index is 2.14. The van der Waals surface area contributed by atoms with Crippen molar-refractivity contribution >= 4 is 27.7 Å². The molecule has 1 fully saturated rings. The van der Waals surface area contributed by atoms with Gasteiger partial charge in [0.1, 0.15) is 11.7 Å². The third-order valence-electron chi connectivity index (χ3n) is 3.15. The predicted octanol–water partition coefficient (Wildman–Crippen LogP) is 2.33. The average Bonchev–Trinajstić information content (AvgIpc) is 3.23. The van der Waals surface area contributed by atoms with Crippen LogP contribution in [0.15, 0.2) is 27.8 Å². The fraction of sp³-hybridized carbons (Fsp3) is 0.385. The summed E-state index contributed by atoms with van der Waals surface area (Å²) in [5.74, 6) is -0.491. The molecule has 0 heterocycles. The van der Waals surface area contributed by atoms with Crippen molar-refractivity contribution < 1.29 is 14.4 Å². The van der Waals surface area contributed by atoms with Crippen LogP contribution in [0, 0.1) is 5.82 Å². The third-order valence-corrected chi connectivity index (χ3v) is 3.80. The first-order valence-corrected chi connectivity index (χ1v) is 7.04. The Morgan fingerprint density at radius 1 is 1.55 bits per heavy atom. The summed E-state index contributed by atoms with van der Waals surface area (Å²) in [6, 6.07) is 4.17. The Morgan fingerprint density at radius 3 is 2.80 bits per heavy atom. The van der Waals surface area contributed by atoms with Crippen molar-refractivity contribution in [2.24, 2.45) is 10.9 Å². The number of amides is 1. The summed E-state index contributed by atoms with van der Waals surface area (Å²) in [5.41, 5.74) is 5.85. The number of rotatable bonds is 5. The Hall–Kier alpha value is -1.63. The summed E-state index contributed by atoms with van der Waals surface area (Å²) in [5, 5.41) is 11.4. The van der Waals surface area contributed by atoms with Gasteiger partial charge in [0.25, 0.3) is 5.91 Å². The van der Waals surface area contributed by atoms with Gasteiger partial charge in [-0.3, -0.25) is 4.79 Å². The van der Waals surface area contributed by atoms with E-state index in [-0.39, 0.29) is 17.8 Å². The minimum Gasteiger partial charge on any atom is -0.409 e. The number of nitrogens with two attached hydrogens (primary N) is 1. The van der Waals surface area contributed by atoms with Crippen molar-refractivity contribution in [3.8, 4) is 0 Å². The molecule has 1 aliphatic rings. The van der Waals surface area contributed by atoms with Crippen LogP contribution in [0.2, 0.25) is 0 Å². The van der Waals surface area contributed by atoms with Crippen molar-refractivity contribution in [2.75, 3.05) is 6.54 Å². The number of hydrogen-bond acceptors (Lipinski definition) is 3. The number of halogens is 2. The van der Waals surface area contributed by atoms with E-state index in [4.69, 9.17) is 10.9 Å². The van der Waals surface area contributed by atoms with Gasteiger partial charge in [-0.15, -0.1) is 0 Å². The maximum absolute atomic E-state index is 13.1. The summed E-state index contributed by atoms with van der Waals surface area (Å²) >= 11 is 3.20. The zero-order valence-corrected chi connectivity index (χ0v) is 12.3. The molecule has 2 rings (SSSR count). The molecule has 0 radical (unpaired) electrons. The fourth-order valence-electron chi connectivity index (χ4n) is 1.94. The predicted molar refractivity (Wildman–Crippen MR) is 76.2 cm³/mol. The lowest BCUT2D eigenvalue weighted by atomic mass is 10.2. The van der Waals surface area contributed by atoms with E-state index in [1.807, 2.05) is 0 Å². The number of amidine groups is 1. The van der Waals surface area contributed by atoms with Crippen LogP contribution in [0.3, 0.4) is 0 Å². The van der Waals surface area contributed by atoms with Gasteiger partial charge in [0.15, 0.2) is 0 Å². The van der Waals surface area contributed by atoms with Gasteiger partial charge in [-0.2, -0.15) is 0 Å². The van der Waals surface area contributed by atoms with Crippen LogP contribution in [0.1, 0.15) is 29.6 Å². The van der Waals surface area contributed by atoms with Crippen molar-refractivity contribution in [1.82, 2.24) is 4.90 Å². The van der Waals surface area contributed by atoms with E-state index in [0.717, 1.165) is 12.8 Å². The van der Waals surface area contributed by atoms with Crippen LogP contribution in [-0.2, 0) is 0 Å². The molecule has 1 aliphatic carbocycles. The lowest BCUT2D eigenvalue weighted by Gasteiger charge is -2.22. The molecule has 0 unspecified atom stereocenters. The number of carbonyl (C=O) groups excluding carboxylic acids is 1. The molecule has 0 aromatic heterocycles. The molecule has 5 nitrogen and oxygen atoms in total. The molecule has 1 aromatic rings. The third kappa shape index (κ3) is 3.47. The first-order chi connectivity index (χ1) is 9.52. The molecule has 0 aliphatic heterocycles. The highest BCUT2D eigenvalue weighted by atomic mass is 79.9. The highest BCUT2D eigenvalue weighted by Gasteiger charge is 2.33. The second kappa shape index (κ2) is 6.21. The van der Waals surface area contributed by atoms with Crippen LogP contribution in [0.5, 0.6) is 0 Å². The van der Waals surface area contributed by atoms with E-state index in [1.54, 1.807) is 4.90 Å². The summed E-state index contributed by atoms with van der Waals surface area (Å²) in [6.45, 7) is 0.378. The number of benzene rings is 1. The van der Waals surface area contributed by atoms with Crippen LogP contribution in [0.4, 0.5) is 4.39 Å². The molecule has 0 atom stereocenters. The number of carbonyl (C=O) groups is 1. The molecular formula is C13H15BrFN3O2. The van der Waals surface area contributed by atoms with Crippen molar-refractivity contribution in [3.05, 3.63) is 34.1 Å². The van der Waals surface area contributed by atoms with Crippen LogP contribution in [0.25, 0.3) is 0 Å². The van der Waals surface area contributed by atoms with Crippen molar-refractivity contribution in [3.63, 3.8) is 0 Å². The van der Waals surface area contributed by atoms with Gasteiger partial charge in [0.2, 0.25) is 0 Å². The van der Waals surface area contributed by atoms with Crippen LogP contribution in [-0.4, -0.2) is 34.4 Å². The minimum atomic E-state index is -0.400. The SMILES string of the molecule is NC(CCN(C(=O)c1ccc(F)cc1Br)C1CC1)=NO. The molecule has 3 N–H and O–H groups in total. The first-order valence-electron chi connectivity index (χ1n) is 6.25. The molecule has 1 saturated carbocycles. The maximum atomic E-state index is 13.1. The number of hydrogen-bond donors (Lipinski definition) is 2. The largest absolute Gasteiger partial charge is 0.409 e. The smallest absolute Gasteiger partial charge is 0.255 e. The van der Waals surface area contributed by atoms with E-state index in [2.05, 4.69) is 21.1 Å². The second-order valence-electron chi connectivity index (χ2n) is 4.70. The van der Waals surface area contributed by atoms with Crippen LogP contribution >= 0.6 is 15.9 Å². The first kappa shape index (κ1) is 14.8. The van der Waals surface area contributed by atoms with Gasteiger partial charge in [-0.05, 0) is 47.0 Å². The molecule has 0 spiro atoms. The molecule has 0 saturated heterocycles. The lowest BCUT2D eigenvalue weighted by molar-refractivity contribution is 0.0746. The minimum absolute atomic E-state index is 0.0848. The molecular weight excluding hydrogens is 329 g/mol. The normalized spacial score (nSPS) is 15.2. The van der Waals surface area contributed by atoms with E-state index in [0.29, 0.717) is 23.0 Å². The number of nitrogens with zero attached hydrogens (tertiary/aromatic N) is 2. The Labute approximate surface area is 124 Å². The lowest BCUT2D eigenvalue weighted by Crippen LogP contribution is -2.36. The van der Waals surface area contributed by atoms with Gasteiger partial charge in [-0.1, -0.05) is 5.16 Å². The molecule has 20 heavy (non-hydrogen) atoms. The van der Waals surface area contributed by atoms with Gasteiger partial charge in [0, 0.05) is 23.5 Å². The summed E-state index contributed by atoms with van der Waals surface area (Å²) in [4.78, 5) is 14.2. The summed E-state index contributed by atoms with van der Waals surface area (Å²) in [7, 11) is 0. The van der Waals surface area contributed by atoms with E-state index < -0.39 is 5.82 Å². The highest BCUT2D eigenvalue weighted by Crippen LogP contribution is 2.30. The topological polar surface area (TPSA) is 78.9 Å². The molecule has 108 valence electrons. The zero-order chi connectivity index (χ0) is 14.7. The second-order valence-corrected chi connectivity index (χ2v) is 5.55. The Bertz CT molecular complexity index is 546. The van der Waals surface area contributed by atoms with E-state index in [1.165, 1.54) is 18.2 Å². The Morgan fingerprint density at radius 2 is 2.25 bits per heavy atom. The van der Waals surface area contributed by atoms with E-state index >= 15 is 0 Å². The molecule has 1 aromatic carbocycles. The monoisotopic (exact) mass is 343 g/mol. The van der Waals surface area contributed by atoms with Gasteiger partial charge in [-0.25, -0.2) is 4.39 Å². The highest BCUT2D eigenvalue weighted by molar-refractivity contribution is 9.10. The molecule has 0 bridgehead atoms.